The van der Waals surface area contributed by atoms with E-state index in [0.29, 0.717) is 43.6 Å². The van der Waals surface area contributed by atoms with Crippen molar-refractivity contribution in [3.63, 3.8) is 0 Å². The molecule has 2 aromatic heterocycles. The van der Waals surface area contributed by atoms with Crippen molar-refractivity contribution in [1.82, 2.24) is 15.0 Å². The molecule has 1 amide bonds. The Hall–Kier alpha value is -2.41. The highest BCUT2D eigenvalue weighted by atomic mass is 16.5. The summed E-state index contributed by atoms with van der Waals surface area (Å²) in [5.41, 5.74) is 0.0143. The quantitative estimate of drug-likeness (QED) is 0.836. The van der Waals surface area contributed by atoms with Gasteiger partial charge in [0, 0.05) is 30.8 Å². The molecule has 7 nitrogen and oxygen atoms in total. The van der Waals surface area contributed by atoms with Gasteiger partial charge in [-0.05, 0) is 32.3 Å². The molecule has 0 radical (unpaired) electrons. The molecule has 2 aliphatic rings. The van der Waals surface area contributed by atoms with Gasteiger partial charge in [-0.15, -0.1) is 0 Å². The van der Waals surface area contributed by atoms with Crippen LogP contribution in [0.25, 0.3) is 0 Å². The van der Waals surface area contributed by atoms with Crippen LogP contribution in [0.5, 0.6) is 5.88 Å². The van der Waals surface area contributed by atoms with Gasteiger partial charge in [-0.25, -0.2) is 4.98 Å². The topological polar surface area (TPSA) is 77.7 Å². The minimum atomic E-state index is -0.346. The molecule has 0 N–H and O–H groups in total. The van der Waals surface area contributed by atoms with Crippen molar-refractivity contribution < 1.29 is 18.8 Å². The predicted molar refractivity (Wildman–Crippen MR) is 92.9 cm³/mol. The normalized spacial score (nSPS) is 25.6. The first-order chi connectivity index (χ1) is 12.7. The van der Waals surface area contributed by atoms with Crippen LogP contribution in [0.2, 0.25) is 0 Å². The molecule has 3 heterocycles. The average molecular weight is 357 g/mol. The van der Waals surface area contributed by atoms with Gasteiger partial charge in [-0.2, -0.15) is 0 Å². The molecule has 1 saturated carbocycles. The summed E-state index contributed by atoms with van der Waals surface area (Å²) in [6.45, 7) is 3.99. The Morgan fingerprint density at radius 1 is 1.46 bits per heavy atom. The van der Waals surface area contributed by atoms with Crippen LogP contribution in [0.3, 0.4) is 0 Å². The summed E-state index contributed by atoms with van der Waals surface area (Å²) in [5.74, 6) is 1.40. The molecule has 0 bridgehead atoms. The molecule has 1 spiro atoms. The number of aryl methyl sites for hydroxylation is 1. The van der Waals surface area contributed by atoms with Crippen LogP contribution in [0.15, 0.2) is 35.0 Å². The monoisotopic (exact) mass is 357 g/mol. The Kier molecular flexibility index (Phi) is 4.63. The second kappa shape index (κ2) is 7.07. The van der Waals surface area contributed by atoms with Gasteiger partial charge in [0.15, 0.2) is 5.69 Å². The van der Waals surface area contributed by atoms with Gasteiger partial charge in [0.1, 0.15) is 5.76 Å². The Bertz CT molecular complexity index is 763. The second-order valence-corrected chi connectivity index (χ2v) is 7.03. The molecule has 0 aromatic carbocycles. The number of carbonyl (C=O) groups excluding carboxylic acids is 1. The van der Waals surface area contributed by atoms with Crippen LogP contribution >= 0.6 is 0 Å². The first kappa shape index (κ1) is 17.0. The number of nitrogens with zero attached hydrogens (tertiary/aromatic N) is 3. The van der Waals surface area contributed by atoms with Crippen LogP contribution in [0, 0.1) is 12.8 Å². The fourth-order valence-electron chi connectivity index (χ4n) is 3.98. The number of morpholine rings is 1. The number of rotatable bonds is 4. The van der Waals surface area contributed by atoms with Crippen LogP contribution < -0.4 is 4.74 Å². The average Bonchev–Trinajstić information content (AvgIpc) is 3.27. The Balaban J connectivity index is 1.45. The highest BCUT2D eigenvalue weighted by molar-refractivity contribution is 5.92. The van der Waals surface area contributed by atoms with E-state index in [1.54, 1.807) is 19.2 Å². The number of hydrogen-bond donors (Lipinski definition) is 0. The summed E-state index contributed by atoms with van der Waals surface area (Å²) in [5, 5.41) is 3.86. The lowest BCUT2D eigenvalue weighted by molar-refractivity contribution is -0.127. The maximum atomic E-state index is 12.7. The molecule has 2 atom stereocenters. The van der Waals surface area contributed by atoms with Crippen LogP contribution in [-0.4, -0.2) is 52.9 Å². The van der Waals surface area contributed by atoms with Crippen LogP contribution in [0.4, 0.5) is 0 Å². The lowest BCUT2D eigenvalue weighted by atomic mass is 9.89. The van der Waals surface area contributed by atoms with Crippen molar-refractivity contribution in [1.29, 1.82) is 0 Å². The largest absolute Gasteiger partial charge is 0.477 e. The van der Waals surface area contributed by atoms with Gasteiger partial charge in [0.05, 0.1) is 25.4 Å². The lowest BCUT2D eigenvalue weighted by Gasteiger charge is -2.43. The maximum absolute atomic E-state index is 12.7. The van der Waals surface area contributed by atoms with Gasteiger partial charge in [-0.3, -0.25) is 4.79 Å². The number of ether oxygens (including phenoxy) is 2. The van der Waals surface area contributed by atoms with E-state index in [2.05, 4.69) is 10.1 Å². The highest BCUT2D eigenvalue weighted by Gasteiger charge is 2.48. The van der Waals surface area contributed by atoms with Crippen molar-refractivity contribution in [2.75, 3.05) is 26.3 Å². The number of carbonyl (C=O) groups is 1. The van der Waals surface area contributed by atoms with Gasteiger partial charge >= 0.3 is 0 Å². The van der Waals surface area contributed by atoms with Crippen molar-refractivity contribution in [2.24, 2.45) is 5.92 Å². The molecule has 1 aliphatic carbocycles. The first-order valence-electron chi connectivity index (χ1n) is 9.07. The van der Waals surface area contributed by atoms with E-state index in [4.69, 9.17) is 14.0 Å². The van der Waals surface area contributed by atoms with E-state index in [1.165, 1.54) is 0 Å². The smallest absolute Gasteiger partial charge is 0.276 e. The molecule has 2 fully saturated rings. The summed E-state index contributed by atoms with van der Waals surface area (Å²) >= 11 is 0. The zero-order valence-electron chi connectivity index (χ0n) is 14.9. The van der Waals surface area contributed by atoms with Gasteiger partial charge in [0.2, 0.25) is 5.88 Å². The van der Waals surface area contributed by atoms with Gasteiger partial charge < -0.3 is 18.9 Å². The summed E-state index contributed by atoms with van der Waals surface area (Å²) in [6.07, 6.45) is 4.75. The van der Waals surface area contributed by atoms with Crippen molar-refractivity contribution >= 4 is 5.91 Å². The third kappa shape index (κ3) is 3.31. The molecule has 1 saturated heterocycles. The summed E-state index contributed by atoms with van der Waals surface area (Å²) < 4.78 is 17.1. The third-order valence-corrected chi connectivity index (χ3v) is 5.31. The van der Waals surface area contributed by atoms with Crippen LogP contribution in [0.1, 0.15) is 35.5 Å². The molecule has 1 aliphatic heterocycles. The fraction of sp³-hybridized carbons (Fsp3) is 0.526. The molecule has 138 valence electrons. The molecule has 4 rings (SSSR count). The Morgan fingerprint density at radius 2 is 2.38 bits per heavy atom. The number of amides is 1. The second-order valence-electron chi connectivity index (χ2n) is 7.03. The van der Waals surface area contributed by atoms with Crippen molar-refractivity contribution in [3.8, 4) is 5.88 Å². The number of hydrogen-bond acceptors (Lipinski definition) is 6. The van der Waals surface area contributed by atoms with E-state index in [1.807, 2.05) is 23.1 Å². The molecule has 0 unspecified atom stereocenters. The van der Waals surface area contributed by atoms with Crippen molar-refractivity contribution in [3.05, 3.63) is 41.9 Å². The zero-order chi connectivity index (χ0) is 18.0. The molecular formula is C19H23N3O4. The molecule has 26 heavy (non-hydrogen) atoms. The van der Waals surface area contributed by atoms with Gasteiger partial charge in [0.25, 0.3) is 5.91 Å². The summed E-state index contributed by atoms with van der Waals surface area (Å²) in [4.78, 5) is 18.8. The maximum Gasteiger partial charge on any atom is 0.276 e. The van der Waals surface area contributed by atoms with E-state index in [-0.39, 0.29) is 17.4 Å². The minimum absolute atomic E-state index is 0.0965. The van der Waals surface area contributed by atoms with Crippen LogP contribution in [-0.2, 0) is 4.74 Å². The van der Waals surface area contributed by atoms with Crippen molar-refractivity contribution in [2.45, 2.75) is 31.8 Å². The summed E-state index contributed by atoms with van der Waals surface area (Å²) in [7, 11) is 0. The third-order valence-electron chi connectivity index (χ3n) is 5.31. The Labute approximate surface area is 152 Å². The minimum Gasteiger partial charge on any atom is -0.477 e. The Morgan fingerprint density at radius 3 is 3.15 bits per heavy atom. The molecular weight excluding hydrogens is 334 g/mol. The summed E-state index contributed by atoms with van der Waals surface area (Å²) in [6, 6.07) is 7.31. The number of pyridine rings is 1. The van der Waals surface area contributed by atoms with E-state index in [9.17, 15) is 4.79 Å². The van der Waals surface area contributed by atoms with E-state index in [0.717, 1.165) is 19.3 Å². The van der Waals surface area contributed by atoms with Gasteiger partial charge in [-0.1, -0.05) is 11.2 Å². The lowest BCUT2D eigenvalue weighted by Crippen LogP contribution is -2.56. The van der Waals surface area contributed by atoms with E-state index >= 15 is 0 Å². The molecule has 7 heteroatoms. The molecule has 2 aromatic rings. The first-order valence-corrected chi connectivity index (χ1v) is 9.07. The zero-order valence-corrected chi connectivity index (χ0v) is 14.9. The fourth-order valence-corrected chi connectivity index (χ4v) is 3.98. The SMILES string of the molecule is Cc1cc(C(=O)N2CCO[C@]3(CCC[C@H]3COc3ccccn3)C2)no1. The predicted octanol–water partition coefficient (Wildman–Crippen LogP) is 2.47. The standard InChI is InChI=1S/C19H23N3O4/c1-14-11-16(21-26-14)18(23)22-9-10-25-19(13-22)7-4-5-15(19)12-24-17-6-2-3-8-20-17/h2-3,6,8,11,15H,4-5,7,9-10,12-13H2,1H3/t15-,19+/m0/s1. The highest BCUT2D eigenvalue weighted by Crippen LogP contribution is 2.41. The number of aromatic nitrogens is 2. The van der Waals surface area contributed by atoms with E-state index < -0.39 is 0 Å².